The van der Waals surface area contributed by atoms with Gasteiger partial charge in [0, 0.05) is 18.7 Å². The van der Waals surface area contributed by atoms with E-state index in [2.05, 4.69) is 6.92 Å². The molecule has 0 saturated heterocycles. The molecular formula is C26H45NO7. The van der Waals surface area contributed by atoms with Gasteiger partial charge in [0.05, 0.1) is 6.42 Å². The molecule has 0 aromatic carbocycles. The van der Waals surface area contributed by atoms with Gasteiger partial charge in [0.1, 0.15) is 6.04 Å². The topological polar surface area (TPSA) is 132 Å². The molecule has 0 fully saturated rings. The first kappa shape index (κ1) is 31.6. The van der Waals surface area contributed by atoms with Crippen LogP contribution in [0, 0.1) is 0 Å². The molecule has 0 aromatic rings. The second-order valence-corrected chi connectivity index (χ2v) is 8.96. The van der Waals surface area contributed by atoms with Gasteiger partial charge in [-0.3, -0.25) is 9.59 Å². The van der Waals surface area contributed by atoms with E-state index in [1.807, 2.05) is 0 Å². The van der Waals surface area contributed by atoms with Crippen LogP contribution in [0.15, 0.2) is 12.2 Å². The smallest absolute Gasteiger partial charge is 0.328 e. The summed E-state index contributed by atoms with van der Waals surface area (Å²) in [4.78, 5) is 46.4. The lowest BCUT2D eigenvalue weighted by Gasteiger charge is -2.27. The second-order valence-electron chi connectivity index (χ2n) is 8.96. The van der Waals surface area contributed by atoms with Crippen LogP contribution in [-0.4, -0.2) is 56.6 Å². The van der Waals surface area contributed by atoms with Crippen LogP contribution >= 0.6 is 0 Å². The Hall–Kier alpha value is -2.38. The average molecular weight is 484 g/mol. The highest BCUT2D eigenvalue weighted by Gasteiger charge is 2.30. The zero-order valence-electron chi connectivity index (χ0n) is 20.9. The van der Waals surface area contributed by atoms with Gasteiger partial charge in [0.25, 0.3) is 0 Å². The monoisotopic (exact) mass is 483 g/mol. The predicted molar refractivity (Wildman–Crippen MR) is 132 cm³/mol. The number of carbonyl (C=O) groups is 4. The molecule has 0 aliphatic heterocycles. The third kappa shape index (κ3) is 18.1. The molecular weight excluding hydrogens is 438 g/mol. The van der Waals surface area contributed by atoms with Gasteiger partial charge < -0.3 is 20.2 Å². The summed E-state index contributed by atoms with van der Waals surface area (Å²) in [5, 5.41) is 27.0. The molecule has 0 spiro atoms. The van der Waals surface area contributed by atoms with Crippen molar-refractivity contribution in [1.82, 2.24) is 4.90 Å². The Kier molecular flexibility index (Phi) is 19.7. The van der Waals surface area contributed by atoms with Crippen molar-refractivity contribution in [3.05, 3.63) is 12.2 Å². The average Bonchev–Trinajstić information content (AvgIpc) is 2.78. The van der Waals surface area contributed by atoms with E-state index >= 15 is 0 Å². The fourth-order valence-corrected chi connectivity index (χ4v) is 3.98. The van der Waals surface area contributed by atoms with Gasteiger partial charge in [-0.15, -0.1) is 0 Å². The Morgan fingerprint density at radius 2 is 1.06 bits per heavy atom. The van der Waals surface area contributed by atoms with Gasteiger partial charge in [0.2, 0.25) is 5.91 Å². The quantitative estimate of drug-likeness (QED) is 0.126. The first-order chi connectivity index (χ1) is 16.3. The van der Waals surface area contributed by atoms with E-state index in [9.17, 15) is 24.3 Å². The Bertz CT molecular complexity index is 618. The molecule has 0 aliphatic rings. The third-order valence-electron chi connectivity index (χ3n) is 5.93. The zero-order valence-corrected chi connectivity index (χ0v) is 20.9. The van der Waals surface area contributed by atoms with E-state index in [-0.39, 0.29) is 6.54 Å². The van der Waals surface area contributed by atoms with Gasteiger partial charge in [-0.2, -0.15) is 0 Å². The van der Waals surface area contributed by atoms with Gasteiger partial charge >= 0.3 is 17.9 Å². The molecule has 0 aliphatic carbocycles. The number of carbonyl (C=O) groups excluding carboxylic acids is 1. The number of amides is 1. The largest absolute Gasteiger partial charge is 0.481 e. The van der Waals surface area contributed by atoms with Crippen molar-refractivity contribution in [2.24, 2.45) is 0 Å². The number of unbranched alkanes of at least 4 members (excludes halogenated alkanes) is 15. The highest BCUT2D eigenvalue weighted by atomic mass is 16.4. The van der Waals surface area contributed by atoms with Crippen LogP contribution < -0.4 is 0 Å². The molecule has 3 N–H and O–H groups in total. The fraction of sp³-hybridized carbons (Fsp3) is 0.769. The van der Waals surface area contributed by atoms with Crippen LogP contribution in [0.1, 0.15) is 116 Å². The van der Waals surface area contributed by atoms with Gasteiger partial charge in [-0.1, -0.05) is 103 Å². The summed E-state index contributed by atoms with van der Waals surface area (Å²) in [6.07, 6.45) is 19.7. The maximum absolute atomic E-state index is 12.3. The van der Waals surface area contributed by atoms with E-state index in [0.717, 1.165) is 36.7 Å². The van der Waals surface area contributed by atoms with Crippen LogP contribution in [0.25, 0.3) is 0 Å². The lowest BCUT2D eigenvalue weighted by atomic mass is 10.0. The van der Waals surface area contributed by atoms with Crippen molar-refractivity contribution < 1.29 is 34.5 Å². The maximum atomic E-state index is 12.3. The molecule has 1 unspecified atom stereocenters. The lowest BCUT2D eigenvalue weighted by molar-refractivity contribution is -0.153. The van der Waals surface area contributed by atoms with Gasteiger partial charge in [0.15, 0.2) is 0 Å². The summed E-state index contributed by atoms with van der Waals surface area (Å²) >= 11 is 0. The van der Waals surface area contributed by atoms with Crippen LogP contribution in [0.5, 0.6) is 0 Å². The van der Waals surface area contributed by atoms with E-state index in [1.54, 1.807) is 0 Å². The van der Waals surface area contributed by atoms with Gasteiger partial charge in [-0.05, 0) is 6.42 Å². The van der Waals surface area contributed by atoms with Crippen molar-refractivity contribution in [2.75, 3.05) is 6.54 Å². The fourth-order valence-electron chi connectivity index (χ4n) is 3.98. The highest BCUT2D eigenvalue weighted by Crippen LogP contribution is 2.15. The minimum atomic E-state index is -1.53. The minimum Gasteiger partial charge on any atom is -0.481 e. The molecule has 8 heteroatoms. The molecule has 0 saturated carbocycles. The van der Waals surface area contributed by atoms with E-state index < -0.39 is 36.3 Å². The third-order valence-corrected chi connectivity index (χ3v) is 5.93. The highest BCUT2D eigenvalue weighted by molar-refractivity contribution is 5.96. The van der Waals surface area contributed by atoms with Gasteiger partial charge in [-0.25, -0.2) is 9.59 Å². The Balaban J connectivity index is 4.08. The molecule has 0 radical (unpaired) electrons. The van der Waals surface area contributed by atoms with Crippen LogP contribution in [0.4, 0.5) is 0 Å². The van der Waals surface area contributed by atoms with E-state index in [0.29, 0.717) is 12.5 Å². The zero-order chi connectivity index (χ0) is 25.6. The number of carboxylic acids is 3. The predicted octanol–water partition coefficient (Wildman–Crippen LogP) is 5.65. The van der Waals surface area contributed by atoms with E-state index in [4.69, 9.17) is 10.2 Å². The number of hydrogen-bond donors (Lipinski definition) is 3. The van der Waals surface area contributed by atoms with Crippen molar-refractivity contribution >= 4 is 23.8 Å². The number of carboxylic acid groups (broad SMARTS) is 3. The standard InChI is InChI=1S/C26H45NO7/c1-2-3-4-5-6-7-8-9-10-11-12-13-14-15-16-17-20-27(23(28)18-19-24(29)30)22(26(33)34)21-25(31)32/h18-19,22H,2-17,20-21H2,1H3,(H,29,30)(H,31,32)(H,33,34). The van der Waals surface area contributed by atoms with Crippen molar-refractivity contribution in [1.29, 1.82) is 0 Å². The molecule has 1 amide bonds. The van der Waals surface area contributed by atoms with E-state index in [1.165, 1.54) is 70.6 Å². The number of rotatable bonds is 23. The number of nitrogens with zero attached hydrogens (tertiary/aromatic N) is 1. The van der Waals surface area contributed by atoms with Crippen LogP contribution in [0.2, 0.25) is 0 Å². The molecule has 1 atom stereocenters. The summed E-state index contributed by atoms with van der Waals surface area (Å²) in [5.41, 5.74) is 0. The summed E-state index contributed by atoms with van der Waals surface area (Å²) in [6.45, 7) is 2.31. The number of aliphatic carboxylic acids is 3. The SMILES string of the molecule is CCCCCCCCCCCCCCCCCCN(C(=O)C=CC(=O)O)C(CC(=O)O)C(=O)O. The summed E-state index contributed by atoms with van der Waals surface area (Å²) in [6, 6.07) is -1.53. The van der Waals surface area contributed by atoms with Crippen LogP contribution in [0.3, 0.4) is 0 Å². The van der Waals surface area contributed by atoms with Crippen molar-refractivity contribution in [3.8, 4) is 0 Å². The molecule has 0 rings (SSSR count). The Labute approximate surface area is 204 Å². The summed E-state index contributed by atoms with van der Waals surface area (Å²) < 4.78 is 0. The van der Waals surface area contributed by atoms with Crippen LogP contribution in [-0.2, 0) is 19.2 Å². The minimum absolute atomic E-state index is 0.0749. The molecule has 8 nitrogen and oxygen atoms in total. The van der Waals surface area contributed by atoms with Crippen molar-refractivity contribution in [2.45, 2.75) is 122 Å². The summed E-state index contributed by atoms with van der Waals surface area (Å²) in [5.74, 6) is -4.90. The summed E-state index contributed by atoms with van der Waals surface area (Å²) in [7, 11) is 0. The molecule has 34 heavy (non-hydrogen) atoms. The molecule has 0 aromatic heterocycles. The molecule has 0 bridgehead atoms. The number of hydrogen-bond acceptors (Lipinski definition) is 4. The Morgan fingerprint density at radius 1 is 0.647 bits per heavy atom. The first-order valence-electron chi connectivity index (χ1n) is 13.0. The first-order valence-corrected chi connectivity index (χ1v) is 13.0. The normalized spacial score (nSPS) is 12.0. The Morgan fingerprint density at radius 3 is 1.41 bits per heavy atom. The molecule has 0 heterocycles. The maximum Gasteiger partial charge on any atom is 0.328 e. The molecule has 196 valence electrons. The lowest BCUT2D eigenvalue weighted by Crippen LogP contribution is -2.46. The second kappa shape index (κ2) is 21.2. The van der Waals surface area contributed by atoms with Crippen molar-refractivity contribution in [3.63, 3.8) is 0 Å².